The van der Waals surface area contributed by atoms with Crippen LogP contribution in [0.4, 0.5) is 4.39 Å². The highest BCUT2D eigenvalue weighted by atomic mass is 35.5. The van der Waals surface area contributed by atoms with Crippen LogP contribution in [0.3, 0.4) is 0 Å². The number of ether oxygens (including phenoxy) is 3. The van der Waals surface area contributed by atoms with Crippen LogP contribution in [0.2, 0.25) is 5.02 Å². The van der Waals surface area contributed by atoms with Crippen molar-refractivity contribution in [2.75, 3.05) is 32.9 Å². The lowest BCUT2D eigenvalue weighted by atomic mass is 9.90. The van der Waals surface area contributed by atoms with Crippen LogP contribution < -0.4 is 9.47 Å². The molecule has 1 atom stereocenters. The third-order valence-electron chi connectivity index (χ3n) is 6.73. The van der Waals surface area contributed by atoms with Gasteiger partial charge in [0.15, 0.2) is 17.3 Å². The van der Waals surface area contributed by atoms with Crippen molar-refractivity contribution >= 4 is 50.8 Å². The van der Waals surface area contributed by atoms with Crippen molar-refractivity contribution in [1.82, 2.24) is 4.90 Å². The van der Waals surface area contributed by atoms with Crippen LogP contribution in [0.1, 0.15) is 33.6 Å². The van der Waals surface area contributed by atoms with Crippen LogP contribution in [0.15, 0.2) is 35.9 Å². The molecule has 2 aliphatic heterocycles. The fraction of sp³-hybridized carbons (Fsp3) is 0.333. The second kappa shape index (κ2) is 9.50. The Bertz CT molecular complexity index is 1410. The molecule has 6 nitrogen and oxygen atoms in total. The van der Waals surface area contributed by atoms with E-state index in [4.69, 9.17) is 25.8 Å². The molecule has 1 amide bonds. The fourth-order valence-electron chi connectivity index (χ4n) is 4.90. The second-order valence-corrected chi connectivity index (χ2v) is 10.6. The molecule has 0 radical (unpaired) electrons. The zero-order chi connectivity index (χ0) is 24.8. The summed E-state index contributed by atoms with van der Waals surface area (Å²) < 4.78 is 31.5. The van der Waals surface area contributed by atoms with Gasteiger partial charge in [0, 0.05) is 41.8 Å². The number of ketones is 1. The van der Waals surface area contributed by atoms with Crippen molar-refractivity contribution in [2.45, 2.75) is 25.4 Å². The Balaban J connectivity index is 1.33. The Morgan fingerprint density at radius 2 is 1.94 bits per heavy atom. The third-order valence-corrected chi connectivity index (χ3v) is 8.37. The summed E-state index contributed by atoms with van der Waals surface area (Å²) >= 11 is 7.73. The summed E-state index contributed by atoms with van der Waals surface area (Å²) in [6, 6.07) is 8.04. The molecule has 1 saturated heterocycles. The van der Waals surface area contributed by atoms with E-state index in [2.05, 4.69) is 0 Å². The summed E-state index contributed by atoms with van der Waals surface area (Å²) in [6.07, 6.45) is 3.72. The van der Waals surface area contributed by atoms with E-state index in [9.17, 15) is 14.0 Å². The lowest BCUT2D eigenvalue weighted by molar-refractivity contribution is -0.115. The van der Waals surface area contributed by atoms with Gasteiger partial charge in [0.1, 0.15) is 23.9 Å². The van der Waals surface area contributed by atoms with Crippen molar-refractivity contribution in [3.8, 4) is 11.5 Å². The number of hydrogen-bond donors (Lipinski definition) is 0. The van der Waals surface area contributed by atoms with Gasteiger partial charge in [-0.05, 0) is 60.4 Å². The van der Waals surface area contributed by atoms with Gasteiger partial charge in [-0.15, -0.1) is 11.3 Å². The van der Waals surface area contributed by atoms with Crippen molar-refractivity contribution in [3.63, 3.8) is 0 Å². The molecular formula is C27H23ClFNO5S. The molecular weight excluding hydrogens is 505 g/mol. The smallest absolute Gasteiger partial charge is 0.265 e. The first-order valence-electron chi connectivity index (χ1n) is 11.9. The number of halogens is 2. The largest absolute Gasteiger partial charge is 0.486 e. The van der Waals surface area contributed by atoms with Gasteiger partial charge in [0.25, 0.3) is 5.91 Å². The second-order valence-electron chi connectivity index (χ2n) is 9.17. The standard InChI is InChI=1S/C27H23ClFNO5S/c28-25-20-4-3-18(29)12-24(20)36-26(25)27(32)30(14-19-2-1-5-33-19)13-17-8-15-10-22-23(35-7-6-34-22)11-16(15)9-21(17)31/h3-4,8,10-12,19H,1-2,5-7,9,13-14H2. The van der Waals surface area contributed by atoms with Crippen LogP contribution >= 0.6 is 22.9 Å². The van der Waals surface area contributed by atoms with E-state index in [1.807, 2.05) is 18.2 Å². The lowest BCUT2D eigenvalue weighted by Crippen LogP contribution is -2.40. The van der Waals surface area contributed by atoms with Crippen molar-refractivity contribution in [1.29, 1.82) is 0 Å². The van der Waals surface area contributed by atoms with E-state index >= 15 is 0 Å². The van der Waals surface area contributed by atoms with E-state index < -0.39 is 0 Å². The molecule has 36 heavy (non-hydrogen) atoms. The monoisotopic (exact) mass is 527 g/mol. The predicted octanol–water partition coefficient (Wildman–Crippen LogP) is 5.30. The van der Waals surface area contributed by atoms with E-state index in [-0.39, 0.29) is 36.6 Å². The average Bonchev–Trinajstić information content (AvgIpc) is 3.50. The Labute approximate surface area is 216 Å². The van der Waals surface area contributed by atoms with Gasteiger partial charge in [0.05, 0.1) is 11.1 Å². The van der Waals surface area contributed by atoms with E-state index in [0.29, 0.717) is 63.4 Å². The number of carbonyl (C=O) groups is 2. The Hall–Kier alpha value is -2.94. The third kappa shape index (κ3) is 4.38. The van der Waals surface area contributed by atoms with Gasteiger partial charge < -0.3 is 19.1 Å². The molecule has 3 aromatic rings. The molecule has 0 saturated carbocycles. The number of benzene rings is 2. The predicted molar refractivity (Wildman–Crippen MR) is 136 cm³/mol. The fourth-order valence-corrected chi connectivity index (χ4v) is 6.41. The summed E-state index contributed by atoms with van der Waals surface area (Å²) in [5.74, 6) is 0.577. The SMILES string of the molecule is O=C1Cc2cc3c(cc2C=C1CN(CC1CCCO1)C(=O)c1sc2cc(F)ccc2c1Cl)OCCO3. The van der Waals surface area contributed by atoms with Crippen LogP contribution in [-0.4, -0.2) is 55.6 Å². The van der Waals surface area contributed by atoms with Crippen molar-refractivity contribution in [3.05, 3.63) is 62.7 Å². The number of Topliss-reactive ketones (excluding diaryl/α,β-unsaturated/α-hetero) is 1. The van der Waals surface area contributed by atoms with Crippen molar-refractivity contribution in [2.24, 2.45) is 0 Å². The molecule has 1 aliphatic carbocycles. The topological polar surface area (TPSA) is 65.1 Å². The number of rotatable bonds is 5. The molecule has 0 spiro atoms. The van der Waals surface area contributed by atoms with Crippen LogP contribution in [0.25, 0.3) is 16.2 Å². The summed E-state index contributed by atoms with van der Waals surface area (Å²) in [4.78, 5) is 28.8. The van der Waals surface area contributed by atoms with Crippen LogP contribution in [0, 0.1) is 5.82 Å². The van der Waals surface area contributed by atoms with E-state index in [1.54, 1.807) is 11.0 Å². The Morgan fingerprint density at radius 3 is 2.72 bits per heavy atom. The quantitative estimate of drug-likeness (QED) is 0.451. The first-order chi connectivity index (χ1) is 17.5. The summed E-state index contributed by atoms with van der Waals surface area (Å²) in [6.45, 7) is 2.08. The summed E-state index contributed by atoms with van der Waals surface area (Å²) in [7, 11) is 0. The number of nitrogens with zero attached hydrogens (tertiary/aromatic N) is 1. The van der Waals surface area contributed by atoms with Gasteiger partial charge in [-0.3, -0.25) is 9.59 Å². The Morgan fingerprint density at radius 1 is 1.14 bits per heavy atom. The van der Waals surface area contributed by atoms with Crippen LogP contribution in [0.5, 0.6) is 11.5 Å². The Kier molecular flexibility index (Phi) is 6.19. The number of amides is 1. The lowest BCUT2D eigenvalue weighted by Gasteiger charge is -2.28. The molecule has 3 heterocycles. The summed E-state index contributed by atoms with van der Waals surface area (Å²) in [5, 5.41) is 0.938. The average molecular weight is 528 g/mol. The minimum absolute atomic E-state index is 0.0474. The maximum absolute atomic E-state index is 13.8. The molecule has 0 bridgehead atoms. The molecule has 1 fully saturated rings. The molecule has 6 rings (SSSR count). The number of hydrogen-bond acceptors (Lipinski definition) is 6. The van der Waals surface area contributed by atoms with Gasteiger partial charge in [0.2, 0.25) is 0 Å². The normalized spacial score (nSPS) is 18.8. The van der Waals surface area contributed by atoms with Gasteiger partial charge in [-0.25, -0.2) is 4.39 Å². The molecule has 9 heteroatoms. The molecule has 2 aromatic carbocycles. The minimum atomic E-state index is -0.385. The van der Waals surface area contributed by atoms with Gasteiger partial charge in [-0.1, -0.05) is 11.6 Å². The zero-order valence-electron chi connectivity index (χ0n) is 19.4. The highest BCUT2D eigenvalue weighted by Crippen LogP contribution is 2.38. The molecule has 1 aromatic heterocycles. The van der Waals surface area contributed by atoms with Gasteiger partial charge in [-0.2, -0.15) is 0 Å². The maximum atomic E-state index is 13.8. The highest BCUT2D eigenvalue weighted by Gasteiger charge is 2.30. The van der Waals surface area contributed by atoms with Gasteiger partial charge >= 0.3 is 0 Å². The summed E-state index contributed by atoms with van der Waals surface area (Å²) in [5.41, 5.74) is 2.29. The number of thiophene rings is 1. The molecule has 0 N–H and O–H groups in total. The zero-order valence-corrected chi connectivity index (χ0v) is 20.9. The first-order valence-corrected chi connectivity index (χ1v) is 13.1. The minimum Gasteiger partial charge on any atom is -0.486 e. The molecule has 186 valence electrons. The number of fused-ring (bicyclic) bond motifs is 3. The van der Waals surface area contributed by atoms with E-state index in [1.165, 1.54) is 12.1 Å². The number of carbonyl (C=O) groups excluding carboxylic acids is 2. The molecule has 1 unspecified atom stereocenters. The maximum Gasteiger partial charge on any atom is 0.265 e. The first kappa shape index (κ1) is 23.5. The van der Waals surface area contributed by atoms with Crippen molar-refractivity contribution < 1.29 is 28.2 Å². The molecule has 3 aliphatic rings. The van der Waals surface area contributed by atoms with Crippen LogP contribution in [-0.2, 0) is 16.0 Å². The van der Waals surface area contributed by atoms with E-state index in [0.717, 1.165) is 35.3 Å². The highest BCUT2D eigenvalue weighted by molar-refractivity contribution is 7.21.